The molecule has 1 aromatic rings. The molecule has 1 saturated heterocycles. The first-order chi connectivity index (χ1) is 9.15. The van der Waals surface area contributed by atoms with Gasteiger partial charge in [0.1, 0.15) is 0 Å². The number of methoxy groups -OCH3 is 1. The minimum Gasteiger partial charge on any atom is -0.381 e. The fourth-order valence-corrected chi connectivity index (χ4v) is 3.56. The molecule has 4 heteroatoms. The van der Waals surface area contributed by atoms with Gasteiger partial charge in [-0.2, -0.15) is 0 Å². The SMILES string of the molecule is COC1CCN(C(CN)c2ccc(C)cc2Br)CC1. The Morgan fingerprint density at radius 3 is 2.63 bits per heavy atom. The first-order valence-electron chi connectivity index (χ1n) is 6.88. The lowest BCUT2D eigenvalue weighted by atomic mass is 9.99. The molecule has 1 heterocycles. The standard InChI is InChI=1S/C15H23BrN2O/c1-11-3-4-13(14(16)9-11)15(10-17)18-7-5-12(19-2)6-8-18/h3-4,9,12,15H,5-8,10,17H2,1-2H3. The predicted octanol–water partition coefficient (Wildman–Crippen LogP) is 2.87. The lowest BCUT2D eigenvalue weighted by Gasteiger charge is -2.37. The summed E-state index contributed by atoms with van der Waals surface area (Å²) in [6.07, 6.45) is 2.60. The van der Waals surface area contributed by atoms with Gasteiger partial charge in [0.15, 0.2) is 0 Å². The third-order valence-corrected chi connectivity index (χ3v) is 4.68. The van der Waals surface area contributed by atoms with Crippen molar-refractivity contribution in [3.8, 4) is 0 Å². The van der Waals surface area contributed by atoms with E-state index in [0.717, 1.165) is 30.4 Å². The van der Waals surface area contributed by atoms with Gasteiger partial charge in [-0.1, -0.05) is 28.1 Å². The van der Waals surface area contributed by atoms with Crippen LogP contribution in [0.5, 0.6) is 0 Å². The average Bonchev–Trinajstić information content (AvgIpc) is 2.42. The minimum absolute atomic E-state index is 0.299. The van der Waals surface area contributed by atoms with Crippen LogP contribution < -0.4 is 5.73 Å². The van der Waals surface area contributed by atoms with E-state index in [1.54, 1.807) is 7.11 Å². The van der Waals surface area contributed by atoms with Crippen molar-refractivity contribution < 1.29 is 4.74 Å². The number of piperidine rings is 1. The van der Waals surface area contributed by atoms with Gasteiger partial charge >= 0.3 is 0 Å². The summed E-state index contributed by atoms with van der Waals surface area (Å²) < 4.78 is 6.59. The summed E-state index contributed by atoms with van der Waals surface area (Å²) in [5.41, 5.74) is 8.58. The molecule has 1 aromatic carbocycles. The number of halogens is 1. The summed E-state index contributed by atoms with van der Waals surface area (Å²) in [6.45, 7) is 4.87. The second kappa shape index (κ2) is 6.84. The third-order valence-electron chi connectivity index (χ3n) is 3.99. The first-order valence-corrected chi connectivity index (χ1v) is 7.68. The number of nitrogens with zero attached hydrogens (tertiary/aromatic N) is 1. The van der Waals surface area contributed by atoms with E-state index >= 15 is 0 Å². The molecule has 0 bridgehead atoms. The average molecular weight is 327 g/mol. The van der Waals surface area contributed by atoms with E-state index in [2.05, 4.69) is 46.0 Å². The van der Waals surface area contributed by atoms with Crippen LogP contribution >= 0.6 is 15.9 Å². The Balaban J connectivity index is 2.12. The molecule has 0 aliphatic carbocycles. The van der Waals surface area contributed by atoms with Crippen molar-refractivity contribution in [2.24, 2.45) is 5.73 Å². The molecule has 1 aliphatic rings. The van der Waals surface area contributed by atoms with Crippen LogP contribution in [0.1, 0.15) is 30.0 Å². The maximum absolute atomic E-state index is 6.02. The Morgan fingerprint density at radius 1 is 1.42 bits per heavy atom. The summed E-state index contributed by atoms with van der Waals surface area (Å²) in [6, 6.07) is 6.82. The van der Waals surface area contributed by atoms with Crippen LogP contribution in [0.4, 0.5) is 0 Å². The molecule has 2 rings (SSSR count). The molecule has 0 amide bonds. The van der Waals surface area contributed by atoms with E-state index in [4.69, 9.17) is 10.5 Å². The summed E-state index contributed by atoms with van der Waals surface area (Å²) in [5, 5.41) is 0. The number of nitrogens with two attached hydrogens (primary N) is 1. The van der Waals surface area contributed by atoms with Gasteiger partial charge in [-0.15, -0.1) is 0 Å². The molecule has 0 aromatic heterocycles. The quantitative estimate of drug-likeness (QED) is 0.924. The van der Waals surface area contributed by atoms with Crippen LogP contribution in [0.25, 0.3) is 0 Å². The van der Waals surface area contributed by atoms with Crippen molar-refractivity contribution in [1.29, 1.82) is 0 Å². The molecular weight excluding hydrogens is 304 g/mol. The van der Waals surface area contributed by atoms with Crippen molar-refractivity contribution in [2.75, 3.05) is 26.7 Å². The third kappa shape index (κ3) is 3.57. The van der Waals surface area contributed by atoms with E-state index in [-0.39, 0.29) is 0 Å². The molecule has 0 spiro atoms. The number of hydrogen-bond donors (Lipinski definition) is 1. The van der Waals surface area contributed by atoms with Crippen LogP contribution in [0.2, 0.25) is 0 Å². The second-order valence-corrected chi connectivity index (χ2v) is 6.10. The smallest absolute Gasteiger partial charge is 0.0595 e. The number of likely N-dealkylation sites (tertiary alicyclic amines) is 1. The first kappa shape index (κ1) is 15.0. The highest BCUT2D eigenvalue weighted by molar-refractivity contribution is 9.10. The Hall–Kier alpha value is -0.420. The molecule has 0 radical (unpaired) electrons. The molecule has 1 fully saturated rings. The fraction of sp³-hybridized carbons (Fsp3) is 0.600. The molecule has 3 nitrogen and oxygen atoms in total. The zero-order chi connectivity index (χ0) is 13.8. The Kier molecular flexibility index (Phi) is 5.39. The van der Waals surface area contributed by atoms with Gasteiger partial charge in [0.25, 0.3) is 0 Å². The van der Waals surface area contributed by atoms with Gasteiger partial charge in [-0.25, -0.2) is 0 Å². The van der Waals surface area contributed by atoms with Gasteiger partial charge < -0.3 is 10.5 Å². The zero-order valence-electron chi connectivity index (χ0n) is 11.7. The lowest BCUT2D eigenvalue weighted by Crippen LogP contribution is -2.41. The van der Waals surface area contributed by atoms with Crippen molar-refractivity contribution in [1.82, 2.24) is 4.90 Å². The van der Waals surface area contributed by atoms with Crippen molar-refractivity contribution in [3.05, 3.63) is 33.8 Å². The number of rotatable bonds is 4. The van der Waals surface area contributed by atoms with E-state index in [1.165, 1.54) is 11.1 Å². The summed E-state index contributed by atoms with van der Waals surface area (Å²) in [7, 11) is 1.80. The highest BCUT2D eigenvalue weighted by atomic mass is 79.9. The van der Waals surface area contributed by atoms with Gasteiger partial charge in [0.05, 0.1) is 6.10 Å². The van der Waals surface area contributed by atoms with Gasteiger partial charge in [-0.05, 0) is 37.0 Å². The van der Waals surface area contributed by atoms with Crippen molar-refractivity contribution in [3.63, 3.8) is 0 Å². The Bertz CT molecular complexity index is 417. The Morgan fingerprint density at radius 2 is 2.11 bits per heavy atom. The maximum atomic E-state index is 6.02. The predicted molar refractivity (Wildman–Crippen MR) is 82.3 cm³/mol. The molecular formula is C15H23BrN2O. The molecule has 19 heavy (non-hydrogen) atoms. The maximum Gasteiger partial charge on any atom is 0.0595 e. The minimum atomic E-state index is 0.299. The number of benzene rings is 1. The van der Waals surface area contributed by atoms with Crippen molar-refractivity contribution >= 4 is 15.9 Å². The normalized spacial score (nSPS) is 19.6. The van der Waals surface area contributed by atoms with Gasteiger partial charge in [0, 0.05) is 37.3 Å². The van der Waals surface area contributed by atoms with Gasteiger partial charge in [0.2, 0.25) is 0 Å². The van der Waals surface area contributed by atoms with E-state index in [9.17, 15) is 0 Å². The number of hydrogen-bond acceptors (Lipinski definition) is 3. The zero-order valence-corrected chi connectivity index (χ0v) is 13.3. The molecule has 1 unspecified atom stereocenters. The molecule has 0 saturated carbocycles. The lowest BCUT2D eigenvalue weighted by molar-refractivity contribution is 0.0279. The molecule has 1 aliphatic heterocycles. The van der Waals surface area contributed by atoms with Crippen molar-refractivity contribution in [2.45, 2.75) is 31.9 Å². The van der Waals surface area contributed by atoms with E-state index in [1.807, 2.05) is 0 Å². The van der Waals surface area contributed by atoms with Gasteiger partial charge in [-0.3, -0.25) is 4.90 Å². The molecule has 2 N–H and O–H groups in total. The summed E-state index contributed by atoms with van der Waals surface area (Å²) in [4.78, 5) is 2.48. The molecule has 106 valence electrons. The van der Waals surface area contributed by atoms with E-state index < -0.39 is 0 Å². The van der Waals surface area contributed by atoms with Crippen LogP contribution in [-0.4, -0.2) is 37.7 Å². The Labute approximate surface area is 124 Å². The largest absolute Gasteiger partial charge is 0.381 e. The van der Waals surface area contributed by atoms with E-state index in [0.29, 0.717) is 18.7 Å². The second-order valence-electron chi connectivity index (χ2n) is 5.25. The highest BCUT2D eigenvalue weighted by Gasteiger charge is 2.26. The highest BCUT2D eigenvalue weighted by Crippen LogP contribution is 2.30. The van der Waals surface area contributed by atoms with Crippen LogP contribution in [0.15, 0.2) is 22.7 Å². The fourth-order valence-electron chi connectivity index (χ4n) is 2.80. The summed E-state index contributed by atoms with van der Waals surface area (Å²) >= 11 is 3.67. The van der Waals surface area contributed by atoms with Crippen LogP contribution in [0, 0.1) is 6.92 Å². The number of aryl methyl sites for hydroxylation is 1. The van der Waals surface area contributed by atoms with Crippen LogP contribution in [0.3, 0.4) is 0 Å². The number of ether oxygens (including phenoxy) is 1. The topological polar surface area (TPSA) is 38.5 Å². The summed E-state index contributed by atoms with van der Waals surface area (Å²) in [5.74, 6) is 0. The molecule has 1 atom stereocenters. The van der Waals surface area contributed by atoms with Crippen LogP contribution in [-0.2, 0) is 4.74 Å². The monoisotopic (exact) mass is 326 g/mol.